The first-order chi connectivity index (χ1) is 11.6. The molecule has 2 fully saturated rings. The van der Waals surface area contributed by atoms with Crippen molar-refractivity contribution in [2.24, 2.45) is 5.92 Å². The van der Waals surface area contributed by atoms with Crippen molar-refractivity contribution in [2.75, 3.05) is 13.1 Å². The number of hydrogen-bond donors (Lipinski definition) is 0. The number of aryl methyl sites for hydroxylation is 2. The van der Waals surface area contributed by atoms with E-state index in [0.717, 1.165) is 30.9 Å². The first-order valence-corrected chi connectivity index (χ1v) is 8.27. The predicted octanol–water partition coefficient (Wildman–Crippen LogP) is 2.07. The second-order valence-electron chi connectivity index (χ2n) is 6.52. The SMILES string of the molecule is Cc1nccc([C@@H]2C[C@H]3CCN(C(=O)c4cnoc4C)C[C@@H]3O2)n1. The van der Waals surface area contributed by atoms with E-state index in [4.69, 9.17) is 9.26 Å². The average Bonchev–Trinajstić information content (AvgIpc) is 3.19. The van der Waals surface area contributed by atoms with E-state index in [1.807, 2.05) is 17.9 Å². The van der Waals surface area contributed by atoms with Gasteiger partial charge in [-0.1, -0.05) is 5.16 Å². The molecule has 126 valence electrons. The van der Waals surface area contributed by atoms with Crippen LogP contribution in [0.4, 0.5) is 0 Å². The van der Waals surface area contributed by atoms with Crippen LogP contribution >= 0.6 is 0 Å². The molecule has 2 saturated heterocycles. The van der Waals surface area contributed by atoms with E-state index in [2.05, 4.69) is 15.1 Å². The largest absolute Gasteiger partial charge is 0.367 e. The minimum absolute atomic E-state index is 0.00548. The molecule has 0 aliphatic carbocycles. The van der Waals surface area contributed by atoms with E-state index < -0.39 is 0 Å². The molecule has 0 bridgehead atoms. The Morgan fingerprint density at radius 2 is 2.25 bits per heavy atom. The number of rotatable bonds is 2. The zero-order valence-electron chi connectivity index (χ0n) is 13.8. The highest BCUT2D eigenvalue weighted by Crippen LogP contribution is 2.40. The number of hydrogen-bond acceptors (Lipinski definition) is 6. The molecule has 0 saturated carbocycles. The normalized spacial score (nSPS) is 26.4. The number of piperidine rings is 1. The first kappa shape index (κ1) is 15.3. The highest BCUT2D eigenvalue weighted by molar-refractivity contribution is 5.94. The van der Waals surface area contributed by atoms with Crippen molar-refractivity contribution in [2.45, 2.75) is 38.9 Å². The van der Waals surface area contributed by atoms with Crippen molar-refractivity contribution >= 4 is 5.91 Å². The van der Waals surface area contributed by atoms with Gasteiger partial charge in [0.05, 0.1) is 18.0 Å². The van der Waals surface area contributed by atoms with E-state index in [9.17, 15) is 4.79 Å². The first-order valence-electron chi connectivity index (χ1n) is 8.27. The van der Waals surface area contributed by atoms with E-state index in [0.29, 0.717) is 23.8 Å². The van der Waals surface area contributed by atoms with Crippen LogP contribution in [0.2, 0.25) is 0 Å². The smallest absolute Gasteiger partial charge is 0.259 e. The molecule has 0 radical (unpaired) electrons. The maximum Gasteiger partial charge on any atom is 0.259 e. The summed E-state index contributed by atoms with van der Waals surface area (Å²) in [5.74, 6) is 1.75. The summed E-state index contributed by atoms with van der Waals surface area (Å²) in [5, 5.41) is 3.70. The molecule has 3 atom stereocenters. The van der Waals surface area contributed by atoms with Gasteiger partial charge in [-0.15, -0.1) is 0 Å². The van der Waals surface area contributed by atoms with Crippen LogP contribution in [0.1, 0.15) is 46.6 Å². The van der Waals surface area contributed by atoms with Crippen molar-refractivity contribution in [3.8, 4) is 0 Å². The van der Waals surface area contributed by atoms with Gasteiger partial charge >= 0.3 is 0 Å². The lowest BCUT2D eigenvalue weighted by Gasteiger charge is -2.33. The lowest BCUT2D eigenvalue weighted by molar-refractivity contribution is -0.00573. The summed E-state index contributed by atoms with van der Waals surface area (Å²) in [7, 11) is 0. The number of carbonyl (C=O) groups excluding carboxylic acids is 1. The Kier molecular flexibility index (Phi) is 3.80. The van der Waals surface area contributed by atoms with Crippen LogP contribution in [0.15, 0.2) is 23.0 Å². The summed E-state index contributed by atoms with van der Waals surface area (Å²) < 4.78 is 11.2. The van der Waals surface area contributed by atoms with Crippen LogP contribution < -0.4 is 0 Å². The molecule has 4 rings (SSSR count). The molecular weight excluding hydrogens is 308 g/mol. The molecule has 24 heavy (non-hydrogen) atoms. The van der Waals surface area contributed by atoms with Crippen molar-refractivity contribution in [1.29, 1.82) is 0 Å². The van der Waals surface area contributed by atoms with Crippen LogP contribution in [0.3, 0.4) is 0 Å². The molecule has 0 unspecified atom stereocenters. The lowest BCUT2D eigenvalue weighted by atomic mass is 9.91. The molecule has 2 aliphatic heterocycles. The molecule has 7 nitrogen and oxygen atoms in total. The molecule has 0 aromatic carbocycles. The summed E-state index contributed by atoms with van der Waals surface area (Å²) in [6.45, 7) is 4.98. The van der Waals surface area contributed by atoms with Gasteiger partial charge in [-0.25, -0.2) is 9.97 Å². The lowest BCUT2D eigenvalue weighted by Crippen LogP contribution is -2.45. The fraction of sp³-hybridized carbons (Fsp3) is 0.529. The third-order valence-electron chi connectivity index (χ3n) is 4.95. The van der Waals surface area contributed by atoms with E-state index in [1.54, 1.807) is 13.1 Å². The number of nitrogens with zero attached hydrogens (tertiary/aromatic N) is 4. The molecule has 0 spiro atoms. The second kappa shape index (κ2) is 5.98. The van der Waals surface area contributed by atoms with Crippen LogP contribution in [0.25, 0.3) is 0 Å². The average molecular weight is 328 g/mol. The zero-order valence-corrected chi connectivity index (χ0v) is 13.8. The molecule has 0 N–H and O–H groups in total. The second-order valence-corrected chi connectivity index (χ2v) is 6.52. The van der Waals surface area contributed by atoms with Gasteiger partial charge in [0.2, 0.25) is 0 Å². The van der Waals surface area contributed by atoms with Crippen molar-refractivity contribution in [3.63, 3.8) is 0 Å². The van der Waals surface area contributed by atoms with E-state index in [-0.39, 0.29) is 18.1 Å². The summed E-state index contributed by atoms with van der Waals surface area (Å²) in [4.78, 5) is 23.1. The van der Waals surface area contributed by atoms with Gasteiger partial charge in [0.1, 0.15) is 23.3 Å². The van der Waals surface area contributed by atoms with Crippen LogP contribution in [-0.4, -0.2) is 45.1 Å². The molecule has 4 heterocycles. The predicted molar refractivity (Wildman–Crippen MR) is 84.3 cm³/mol. The summed E-state index contributed by atoms with van der Waals surface area (Å²) in [5.41, 5.74) is 1.47. The zero-order chi connectivity index (χ0) is 16.7. The molecule has 2 aromatic rings. The number of carbonyl (C=O) groups is 1. The maximum atomic E-state index is 12.6. The van der Waals surface area contributed by atoms with Gasteiger partial charge in [-0.2, -0.15) is 0 Å². The van der Waals surface area contributed by atoms with Gasteiger partial charge in [0.25, 0.3) is 5.91 Å². The van der Waals surface area contributed by atoms with E-state index in [1.165, 1.54) is 6.20 Å². The molecule has 7 heteroatoms. The summed E-state index contributed by atoms with van der Waals surface area (Å²) >= 11 is 0. The number of likely N-dealkylation sites (tertiary alicyclic amines) is 1. The van der Waals surface area contributed by atoms with Crippen molar-refractivity contribution < 1.29 is 14.1 Å². The molecule has 2 aromatic heterocycles. The molecule has 1 amide bonds. The van der Waals surface area contributed by atoms with Crippen LogP contribution in [-0.2, 0) is 4.74 Å². The third kappa shape index (κ3) is 2.69. The Hall–Kier alpha value is -2.28. The number of aromatic nitrogens is 3. The minimum atomic E-state index is -0.0304. The fourth-order valence-corrected chi connectivity index (χ4v) is 3.63. The Bertz CT molecular complexity index is 760. The Labute approximate surface area is 140 Å². The summed E-state index contributed by atoms with van der Waals surface area (Å²) in [6.07, 6.45) is 5.22. The van der Waals surface area contributed by atoms with Gasteiger partial charge in [-0.3, -0.25) is 4.79 Å². The van der Waals surface area contributed by atoms with Gasteiger partial charge in [0, 0.05) is 19.3 Å². The maximum absolute atomic E-state index is 12.6. The highest BCUT2D eigenvalue weighted by Gasteiger charge is 2.41. The van der Waals surface area contributed by atoms with Gasteiger partial charge < -0.3 is 14.2 Å². The molecule has 2 aliphatic rings. The molecular formula is C17H20N4O3. The standard InChI is InChI=1S/C17H20N4O3/c1-10-13(8-19-24-10)17(22)21-6-4-12-7-15(23-16(12)9-21)14-3-5-18-11(2)20-14/h3,5,8,12,15-16H,4,6-7,9H2,1-2H3/t12-,15+,16+/m1/s1. The monoisotopic (exact) mass is 328 g/mol. The fourth-order valence-electron chi connectivity index (χ4n) is 3.63. The van der Waals surface area contributed by atoms with Crippen LogP contribution in [0.5, 0.6) is 0 Å². The Morgan fingerprint density at radius 1 is 1.38 bits per heavy atom. The third-order valence-corrected chi connectivity index (χ3v) is 4.95. The van der Waals surface area contributed by atoms with E-state index >= 15 is 0 Å². The Morgan fingerprint density at radius 3 is 3.00 bits per heavy atom. The number of amides is 1. The quantitative estimate of drug-likeness (QED) is 0.839. The van der Waals surface area contributed by atoms with Gasteiger partial charge in [0.15, 0.2) is 0 Å². The topological polar surface area (TPSA) is 81.4 Å². The minimum Gasteiger partial charge on any atom is -0.367 e. The van der Waals surface area contributed by atoms with Crippen molar-refractivity contribution in [1.82, 2.24) is 20.0 Å². The Balaban J connectivity index is 1.46. The van der Waals surface area contributed by atoms with Gasteiger partial charge in [-0.05, 0) is 38.7 Å². The van der Waals surface area contributed by atoms with Crippen molar-refractivity contribution in [3.05, 3.63) is 41.3 Å². The highest BCUT2D eigenvalue weighted by atomic mass is 16.5. The summed E-state index contributed by atoms with van der Waals surface area (Å²) in [6, 6.07) is 1.92. The number of fused-ring (bicyclic) bond motifs is 1. The van der Waals surface area contributed by atoms with Crippen LogP contribution in [0, 0.1) is 19.8 Å². The number of ether oxygens (including phenoxy) is 1.